The number of dihydropyridines is 1. The summed E-state index contributed by atoms with van der Waals surface area (Å²) in [5, 5.41) is 9.15. The number of likely N-dealkylation sites (N-methyl/N-ethyl adjacent to an activating group) is 1. The van der Waals surface area contributed by atoms with Gasteiger partial charge >= 0.3 is 18.3 Å². The number of allylic oxidation sites excluding steroid dienone is 1. The normalized spacial score (nSPS) is 21.2. The predicted molar refractivity (Wildman–Crippen MR) is 155 cm³/mol. The zero-order chi connectivity index (χ0) is 33.5. The molecule has 1 amide bonds. The highest BCUT2D eigenvalue weighted by Crippen LogP contribution is 2.42. The zero-order valence-electron chi connectivity index (χ0n) is 25.3. The quantitative estimate of drug-likeness (QED) is 0.309. The van der Waals surface area contributed by atoms with E-state index in [1.54, 1.807) is 13.0 Å². The first-order valence-corrected chi connectivity index (χ1v) is 14.6. The molecule has 1 atom stereocenters. The molecule has 1 N–H and O–H groups in total. The van der Waals surface area contributed by atoms with Crippen LogP contribution in [0.3, 0.4) is 0 Å². The number of nitrogens with zero attached hydrogens (tertiary/aromatic N) is 2. The number of benzene rings is 2. The summed E-state index contributed by atoms with van der Waals surface area (Å²) in [5.74, 6) is -1.86. The Labute approximate surface area is 256 Å². The maximum Gasteiger partial charge on any atom is 0.416 e. The van der Waals surface area contributed by atoms with Crippen molar-refractivity contribution in [3.8, 4) is 0 Å². The van der Waals surface area contributed by atoms with Gasteiger partial charge in [-0.3, -0.25) is 14.6 Å². The molecular formula is C33H35F7N2O3. The fourth-order valence-corrected chi connectivity index (χ4v) is 6.39. The van der Waals surface area contributed by atoms with Gasteiger partial charge in [-0.15, -0.1) is 0 Å². The minimum Gasteiger partial charge on any atom is -0.481 e. The van der Waals surface area contributed by atoms with E-state index in [0.29, 0.717) is 41.0 Å². The summed E-state index contributed by atoms with van der Waals surface area (Å²) in [4.78, 5) is 31.0. The summed E-state index contributed by atoms with van der Waals surface area (Å²) in [6.07, 6.45) is -5.23. The van der Waals surface area contributed by atoms with Gasteiger partial charge in [0.1, 0.15) is 5.82 Å². The number of hydrogen-bond acceptors (Lipinski definition) is 3. The van der Waals surface area contributed by atoms with Gasteiger partial charge in [-0.05, 0) is 117 Å². The highest BCUT2D eigenvalue weighted by atomic mass is 19.4. The molecule has 1 saturated carbocycles. The first-order valence-electron chi connectivity index (χ1n) is 14.6. The molecule has 1 aliphatic heterocycles. The van der Waals surface area contributed by atoms with Crippen LogP contribution in [0, 0.1) is 24.6 Å². The second-order valence-electron chi connectivity index (χ2n) is 12.5. The van der Waals surface area contributed by atoms with Gasteiger partial charge in [0.2, 0.25) is 5.91 Å². The van der Waals surface area contributed by atoms with E-state index < -0.39 is 52.2 Å². The summed E-state index contributed by atoms with van der Waals surface area (Å²) in [6.45, 7) is 4.24. The topological polar surface area (TPSA) is 70.0 Å². The molecule has 1 unspecified atom stereocenters. The fraction of sp³-hybridized carbons (Fsp3) is 0.485. The molecule has 12 heteroatoms. The average Bonchev–Trinajstić information content (AvgIpc) is 2.95. The Morgan fingerprint density at radius 1 is 0.911 bits per heavy atom. The highest BCUT2D eigenvalue weighted by Gasteiger charge is 2.42. The van der Waals surface area contributed by atoms with Crippen LogP contribution in [0.2, 0.25) is 0 Å². The van der Waals surface area contributed by atoms with E-state index in [9.17, 15) is 40.3 Å². The highest BCUT2D eigenvalue weighted by molar-refractivity contribution is 6.00. The lowest BCUT2D eigenvalue weighted by Crippen LogP contribution is -2.42. The van der Waals surface area contributed by atoms with Crippen LogP contribution in [0.15, 0.2) is 47.1 Å². The van der Waals surface area contributed by atoms with Gasteiger partial charge in [0.25, 0.3) is 0 Å². The molecule has 1 aliphatic carbocycles. The van der Waals surface area contributed by atoms with Crippen molar-refractivity contribution in [1.29, 1.82) is 0 Å². The number of alkyl halides is 6. The van der Waals surface area contributed by atoms with Crippen LogP contribution in [0.4, 0.5) is 30.7 Å². The molecule has 244 valence electrons. The summed E-state index contributed by atoms with van der Waals surface area (Å²) in [5.41, 5.74) is -3.14. The number of amides is 1. The van der Waals surface area contributed by atoms with Gasteiger partial charge in [-0.1, -0.05) is 6.07 Å². The maximum atomic E-state index is 14.1. The summed E-state index contributed by atoms with van der Waals surface area (Å²) >= 11 is 0. The minimum absolute atomic E-state index is 0.0226. The number of halogens is 7. The molecule has 5 nitrogen and oxygen atoms in total. The van der Waals surface area contributed by atoms with E-state index in [4.69, 9.17) is 10.1 Å². The Kier molecular flexibility index (Phi) is 9.57. The van der Waals surface area contributed by atoms with Crippen LogP contribution in [0.1, 0.15) is 80.2 Å². The predicted octanol–water partition coefficient (Wildman–Crippen LogP) is 8.44. The number of carboxylic acid groups (broad SMARTS) is 1. The molecule has 4 rings (SSSR count). The van der Waals surface area contributed by atoms with Crippen LogP contribution in [-0.4, -0.2) is 41.2 Å². The van der Waals surface area contributed by atoms with Gasteiger partial charge in [0.15, 0.2) is 0 Å². The molecule has 45 heavy (non-hydrogen) atoms. The summed E-state index contributed by atoms with van der Waals surface area (Å²) < 4.78 is 95.7. The Morgan fingerprint density at radius 3 is 1.98 bits per heavy atom. The lowest BCUT2D eigenvalue weighted by molar-refractivity contribution is -0.144. The lowest BCUT2D eigenvalue weighted by Gasteiger charge is -2.37. The minimum atomic E-state index is -5.07. The number of hydrogen-bond donors (Lipinski definition) is 1. The molecule has 2 aliphatic rings. The van der Waals surface area contributed by atoms with Gasteiger partial charge in [-0.2, -0.15) is 26.3 Å². The van der Waals surface area contributed by atoms with Crippen molar-refractivity contribution in [2.45, 2.75) is 83.1 Å². The van der Waals surface area contributed by atoms with E-state index in [1.807, 2.05) is 0 Å². The molecule has 2 aromatic rings. The van der Waals surface area contributed by atoms with Crippen molar-refractivity contribution in [3.05, 3.63) is 75.7 Å². The van der Waals surface area contributed by atoms with Crippen LogP contribution >= 0.6 is 0 Å². The standard InChI is InChI=1S/C33H35F7N2O3/c1-18-11-24(34)9-10-25(18)26-16-27(20-7-5-19(6-8-20)12-29(43)44)41-17-28(26)42(4)30(45)31(2,3)21-13-22(32(35,36)37)15-23(14-21)33(38,39)40/h9-11,13-15,17,19-20,27H,5-8,12,16H2,1-4H3,(H,43,44). The Hall–Kier alpha value is -3.70. The van der Waals surface area contributed by atoms with Crippen molar-refractivity contribution >= 4 is 23.7 Å². The molecule has 1 heterocycles. The van der Waals surface area contributed by atoms with Crippen LogP contribution < -0.4 is 0 Å². The van der Waals surface area contributed by atoms with Crippen LogP contribution in [0.25, 0.3) is 5.57 Å². The Bertz CT molecular complexity index is 1480. The molecular weight excluding hydrogens is 605 g/mol. The molecule has 0 aromatic heterocycles. The molecule has 1 fully saturated rings. The van der Waals surface area contributed by atoms with Crippen LogP contribution in [0.5, 0.6) is 0 Å². The SMILES string of the molecule is Cc1cc(F)ccc1C1=C(N(C)C(=O)C(C)(C)c2cc(C(F)(F)F)cc(C(F)(F)F)c2)C=NC(C2CCC(CC(=O)O)CC2)C1. The van der Waals surface area contributed by atoms with E-state index >= 15 is 0 Å². The van der Waals surface area contributed by atoms with Gasteiger partial charge in [-0.25, -0.2) is 4.39 Å². The Morgan fingerprint density at radius 2 is 1.47 bits per heavy atom. The van der Waals surface area contributed by atoms with Gasteiger partial charge < -0.3 is 10.0 Å². The smallest absolute Gasteiger partial charge is 0.416 e. The molecule has 0 bridgehead atoms. The summed E-state index contributed by atoms with van der Waals surface area (Å²) in [7, 11) is 1.39. The van der Waals surface area contributed by atoms with Crippen molar-refractivity contribution in [3.63, 3.8) is 0 Å². The van der Waals surface area contributed by atoms with Crippen molar-refractivity contribution < 1.29 is 45.4 Å². The number of rotatable bonds is 7. The molecule has 2 aromatic carbocycles. The van der Waals surface area contributed by atoms with E-state index in [0.717, 1.165) is 25.7 Å². The largest absolute Gasteiger partial charge is 0.481 e. The van der Waals surface area contributed by atoms with Crippen molar-refractivity contribution in [2.75, 3.05) is 7.05 Å². The fourth-order valence-electron chi connectivity index (χ4n) is 6.39. The molecule has 0 saturated heterocycles. The Balaban J connectivity index is 1.71. The number of carboxylic acids is 1. The van der Waals surface area contributed by atoms with E-state index in [-0.39, 0.29) is 30.4 Å². The molecule has 0 spiro atoms. The first-order chi connectivity index (χ1) is 20.8. The third-order valence-corrected chi connectivity index (χ3v) is 9.03. The van der Waals surface area contributed by atoms with Crippen LogP contribution in [-0.2, 0) is 27.4 Å². The van der Waals surface area contributed by atoms with Gasteiger partial charge in [0.05, 0.1) is 28.3 Å². The maximum absolute atomic E-state index is 14.1. The number of aliphatic carboxylic acids is 1. The van der Waals surface area contributed by atoms with Gasteiger partial charge in [0, 0.05) is 19.7 Å². The summed E-state index contributed by atoms with van der Waals surface area (Å²) in [6, 6.07) is 5.12. The molecule has 0 radical (unpaired) electrons. The number of carbonyl (C=O) groups excluding carboxylic acids is 1. The van der Waals surface area contributed by atoms with Crippen molar-refractivity contribution in [2.24, 2.45) is 16.8 Å². The van der Waals surface area contributed by atoms with E-state index in [2.05, 4.69) is 0 Å². The second kappa shape index (κ2) is 12.6. The number of carbonyl (C=O) groups is 2. The third kappa shape index (κ3) is 7.58. The third-order valence-electron chi connectivity index (χ3n) is 9.03. The van der Waals surface area contributed by atoms with Crippen molar-refractivity contribution in [1.82, 2.24) is 4.90 Å². The number of aliphatic imine (C=N–C) groups is 1. The first kappa shape index (κ1) is 34.2. The average molecular weight is 641 g/mol. The zero-order valence-corrected chi connectivity index (χ0v) is 25.3. The second-order valence-corrected chi connectivity index (χ2v) is 12.5. The monoisotopic (exact) mass is 640 g/mol. The number of aryl methyl sites for hydroxylation is 1. The lowest BCUT2D eigenvalue weighted by atomic mass is 9.75. The van der Waals surface area contributed by atoms with E-state index in [1.165, 1.54) is 44.1 Å².